The molecule has 3 aromatic rings. The third-order valence-corrected chi connectivity index (χ3v) is 4.06. The average molecular weight is 316 g/mol. The van der Waals surface area contributed by atoms with E-state index in [1.165, 1.54) is 5.56 Å². The van der Waals surface area contributed by atoms with Crippen LogP contribution in [0.1, 0.15) is 43.3 Å². The van der Waals surface area contributed by atoms with Gasteiger partial charge in [-0.05, 0) is 28.7 Å². The second kappa shape index (κ2) is 6.29. The molecule has 0 spiro atoms. The molecule has 4 heteroatoms. The number of benzene rings is 2. The summed E-state index contributed by atoms with van der Waals surface area (Å²) < 4.78 is 1.76. The van der Waals surface area contributed by atoms with Crippen molar-refractivity contribution in [3.8, 4) is 11.8 Å². The smallest absolute Gasteiger partial charge is 0.186 e. The van der Waals surface area contributed by atoms with Gasteiger partial charge in [0.25, 0.3) is 0 Å². The lowest BCUT2D eigenvalue weighted by Gasteiger charge is -2.19. The van der Waals surface area contributed by atoms with Gasteiger partial charge in [-0.1, -0.05) is 68.4 Å². The highest BCUT2D eigenvalue weighted by Crippen LogP contribution is 2.24. The first-order valence-corrected chi connectivity index (χ1v) is 7.98. The number of rotatable bonds is 3. The van der Waals surface area contributed by atoms with E-state index < -0.39 is 0 Å². The van der Waals surface area contributed by atoms with Gasteiger partial charge in [0, 0.05) is 6.42 Å². The Hall–Kier alpha value is -2.93. The highest BCUT2D eigenvalue weighted by molar-refractivity contribution is 5.41. The van der Waals surface area contributed by atoms with E-state index in [1.54, 1.807) is 4.68 Å². The Labute approximate surface area is 142 Å². The van der Waals surface area contributed by atoms with Crippen LogP contribution in [0.15, 0.2) is 54.6 Å². The van der Waals surface area contributed by atoms with Gasteiger partial charge in [0.05, 0.1) is 11.4 Å². The molecule has 0 atom stereocenters. The molecule has 1 aromatic heterocycles. The van der Waals surface area contributed by atoms with Crippen molar-refractivity contribution in [2.75, 3.05) is 0 Å². The van der Waals surface area contributed by atoms with Gasteiger partial charge >= 0.3 is 0 Å². The monoisotopic (exact) mass is 316 g/mol. The Morgan fingerprint density at radius 1 is 1.00 bits per heavy atom. The van der Waals surface area contributed by atoms with Crippen LogP contribution < -0.4 is 0 Å². The molecule has 0 bridgehead atoms. The zero-order valence-corrected chi connectivity index (χ0v) is 14.2. The van der Waals surface area contributed by atoms with Crippen molar-refractivity contribution in [1.82, 2.24) is 15.0 Å². The summed E-state index contributed by atoms with van der Waals surface area (Å²) in [6.45, 7) is 6.56. The summed E-state index contributed by atoms with van der Waals surface area (Å²) in [5.41, 5.74) is 4.60. The fraction of sp³-hybridized carbons (Fsp3) is 0.250. The molecule has 0 saturated heterocycles. The Morgan fingerprint density at radius 3 is 2.25 bits per heavy atom. The lowest BCUT2D eigenvalue weighted by Crippen LogP contribution is -2.11. The maximum absolute atomic E-state index is 9.34. The third-order valence-electron chi connectivity index (χ3n) is 4.06. The summed E-state index contributed by atoms with van der Waals surface area (Å²) in [6, 6.07) is 20.5. The summed E-state index contributed by atoms with van der Waals surface area (Å²) in [7, 11) is 0. The van der Waals surface area contributed by atoms with E-state index in [0.717, 1.165) is 16.9 Å². The van der Waals surface area contributed by atoms with Crippen LogP contribution in [0.3, 0.4) is 0 Å². The van der Waals surface area contributed by atoms with Crippen LogP contribution in [0.2, 0.25) is 0 Å². The number of hydrogen-bond donors (Lipinski definition) is 0. The normalized spacial score (nSPS) is 11.2. The van der Waals surface area contributed by atoms with Crippen LogP contribution >= 0.6 is 0 Å². The Bertz CT molecular complexity index is 863. The van der Waals surface area contributed by atoms with Gasteiger partial charge in [-0.15, -0.1) is 5.10 Å². The lowest BCUT2D eigenvalue weighted by atomic mass is 9.87. The minimum Gasteiger partial charge on any atom is -0.216 e. The van der Waals surface area contributed by atoms with Crippen molar-refractivity contribution in [1.29, 1.82) is 5.26 Å². The first kappa shape index (κ1) is 15.9. The quantitative estimate of drug-likeness (QED) is 0.733. The second-order valence-electron chi connectivity index (χ2n) is 6.87. The van der Waals surface area contributed by atoms with Gasteiger partial charge in [-0.2, -0.15) is 5.26 Å². The second-order valence-corrected chi connectivity index (χ2v) is 6.87. The number of hydrogen-bond acceptors (Lipinski definition) is 3. The van der Waals surface area contributed by atoms with E-state index in [-0.39, 0.29) is 5.41 Å². The van der Waals surface area contributed by atoms with Crippen LogP contribution in [0.5, 0.6) is 0 Å². The van der Waals surface area contributed by atoms with Crippen LogP contribution in [0.25, 0.3) is 5.69 Å². The first-order chi connectivity index (χ1) is 11.5. The van der Waals surface area contributed by atoms with E-state index in [1.807, 2.05) is 42.5 Å². The van der Waals surface area contributed by atoms with Crippen molar-refractivity contribution >= 4 is 0 Å². The van der Waals surface area contributed by atoms with Crippen LogP contribution in [0, 0.1) is 11.3 Å². The summed E-state index contributed by atoms with van der Waals surface area (Å²) in [5.74, 6) is 0. The minimum absolute atomic E-state index is 0.103. The summed E-state index contributed by atoms with van der Waals surface area (Å²) in [4.78, 5) is 0. The van der Waals surface area contributed by atoms with Crippen molar-refractivity contribution < 1.29 is 0 Å². The highest BCUT2D eigenvalue weighted by Gasteiger charge is 2.17. The molecule has 24 heavy (non-hydrogen) atoms. The molecule has 4 nitrogen and oxygen atoms in total. The van der Waals surface area contributed by atoms with Crippen molar-refractivity contribution in [2.24, 2.45) is 0 Å². The van der Waals surface area contributed by atoms with Crippen molar-refractivity contribution in [3.63, 3.8) is 0 Å². The molecule has 0 aliphatic heterocycles. The predicted octanol–water partition coefficient (Wildman–Crippen LogP) is 4.03. The molecule has 2 aromatic carbocycles. The number of aromatic nitrogens is 3. The SMILES string of the molecule is CC(C)(C)c1ccc(-n2nnc(C#N)c2Cc2ccccc2)cc1. The Kier molecular flexibility index (Phi) is 4.18. The van der Waals surface area contributed by atoms with E-state index in [0.29, 0.717) is 12.1 Å². The summed E-state index contributed by atoms with van der Waals surface area (Å²) in [6.07, 6.45) is 0.623. The van der Waals surface area contributed by atoms with E-state index in [4.69, 9.17) is 0 Å². The fourth-order valence-electron chi connectivity index (χ4n) is 2.65. The fourth-order valence-corrected chi connectivity index (χ4v) is 2.65. The maximum atomic E-state index is 9.34. The molecule has 0 unspecified atom stereocenters. The minimum atomic E-state index is 0.103. The first-order valence-electron chi connectivity index (χ1n) is 7.98. The van der Waals surface area contributed by atoms with Crippen LogP contribution in [-0.2, 0) is 11.8 Å². The molecule has 0 N–H and O–H groups in total. The standard InChI is InChI=1S/C20H20N4/c1-20(2,3)16-9-11-17(12-10-16)24-19(18(14-21)22-23-24)13-15-7-5-4-6-8-15/h4-12H,13H2,1-3H3. The molecule has 0 aliphatic rings. The van der Waals surface area contributed by atoms with Crippen LogP contribution in [0.4, 0.5) is 0 Å². The maximum Gasteiger partial charge on any atom is 0.186 e. The van der Waals surface area contributed by atoms with E-state index in [2.05, 4.69) is 49.3 Å². The molecule has 1 heterocycles. The molecule has 0 amide bonds. The topological polar surface area (TPSA) is 54.5 Å². The highest BCUT2D eigenvalue weighted by atomic mass is 15.4. The predicted molar refractivity (Wildman–Crippen MR) is 94.0 cm³/mol. The molecule has 0 aliphatic carbocycles. The Balaban J connectivity index is 2.00. The van der Waals surface area contributed by atoms with E-state index in [9.17, 15) is 5.26 Å². The Morgan fingerprint density at radius 2 is 1.67 bits per heavy atom. The third kappa shape index (κ3) is 3.21. The molecule has 120 valence electrons. The van der Waals surface area contributed by atoms with Crippen LogP contribution in [-0.4, -0.2) is 15.0 Å². The van der Waals surface area contributed by atoms with Gasteiger partial charge in [-0.3, -0.25) is 0 Å². The van der Waals surface area contributed by atoms with Gasteiger partial charge in [0.1, 0.15) is 6.07 Å². The largest absolute Gasteiger partial charge is 0.216 e. The number of nitriles is 1. The average Bonchev–Trinajstić information content (AvgIpc) is 2.98. The van der Waals surface area contributed by atoms with Crippen molar-refractivity contribution in [2.45, 2.75) is 32.6 Å². The molecule has 0 radical (unpaired) electrons. The van der Waals surface area contributed by atoms with Gasteiger partial charge in [-0.25, -0.2) is 4.68 Å². The van der Waals surface area contributed by atoms with Gasteiger partial charge in [0.2, 0.25) is 0 Å². The lowest BCUT2D eigenvalue weighted by molar-refractivity contribution is 0.590. The zero-order valence-electron chi connectivity index (χ0n) is 14.2. The number of nitrogens with zero attached hydrogens (tertiary/aromatic N) is 4. The summed E-state index contributed by atoms with van der Waals surface area (Å²) >= 11 is 0. The summed E-state index contributed by atoms with van der Waals surface area (Å²) in [5, 5.41) is 17.6. The molecular formula is C20H20N4. The van der Waals surface area contributed by atoms with Gasteiger partial charge < -0.3 is 0 Å². The molecule has 3 rings (SSSR count). The van der Waals surface area contributed by atoms with Crippen molar-refractivity contribution in [3.05, 3.63) is 77.1 Å². The van der Waals surface area contributed by atoms with E-state index >= 15 is 0 Å². The molecule has 0 saturated carbocycles. The molecule has 0 fully saturated rings. The van der Waals surface area contributed by atoms with Gasteiger partial charge in [0.15, 0.2) is 5.69 Å². The zero-order chi connectivity index (χ0) is 17.2. The molecular weight excluding hydrogens is 296 g/mol.